The van der Waals surface area contributed by atoms with Crippen molar-refractivity contribution >= 4 is 17.9 Å². The summed E-state index contributed by atoms with van der Waals surface area (Å²) in [4.78, 5) is 27.8. The Labute approximate surface area is 219 Å². The number of benzene rings is 2. The van der Waals surface area contributed by atoms with Crippen molar-refractivity contribution in [3.63, 3.8) is 0 Å². The molecule has 37 heavy (non-hydrogen) atoms. The van der Waals surface area contributed by atoms with Crippen LogP contribution in [0.3, 0.4) is 0 Å². The largest absolute Gasteiger partial charge is 0.335 e. The van der Waals surface area contributed by atoms with Gasteiger partial charge in [-0.1, -0.05) is 75.4 Å². The SMILES string of the molecule is CC(C)(C)C1CCC(N(Cc2ccc(C(=O)NC(N=N)N=N)cc2)C(=O)CC=Cc2ccccc2)CC1. The number of hydrogen-bond acceptors (Lipinski definition) is 6. The number of nitrogens with zero attached hydrogens (tertiary/aromatic N) is 3. The van der Waals surface area contributed by atoms with Gasteiger partial charge >= 0.3 is 0 Å². The van der Waals surface area contributed by atoms with Crippen LogP contribution in [0.4, 0.5) is 0 Å². The summed E-state index contributed by atoms with van der Waals surface area (Å²) in [6.07, 6.45) is 7.25. The molecule has 0 atom stereocenters. The minimum Gasteiger partial charge on any atom is -0.335 e. The number of carbonyl (C=O) groups is 2. The zero-order valence-electron chi connectivity index (χ0n) is 22.0. The fourth-order valence-electron chi connectivity index (χ4n) is 4.90. The van der Waals surface area contributed by atoms with Crippen molar-refractivity contribution in [1.82, 2.24) is 10.2 Å². The molecule has 196 valence electrons. The van der Waals surface area contributed by atoms with Crippen molar-refractivity contribution in [2.24, 2.45) is 21.6 Å². The molecule has 3 N–H and O–H groups in total. The smallest absolute Gasteiger partial charge is 0.254 e. The van der Waals surface area contributed by atoms with Crippen LogP contribution in [0, 0.1) is 22.4 Å². The first-order chi connectivity index (χ1) is 17.7. The maximum atomic E-state index is 13.4. The third-order valence-electron chi connectivity index (χ3n) is 7.16. The second-order valence-electron chi connectivity index (χ2n) is 10.7. The van der Waals surface area contributed by atoms with Crippen molar-refractivity contribution < 1.29 is 9.59 Å². The van der Waals surface area contributed by atoms with Crippen LogP contribution in [0.25, 0.3) is 6.08 Å². The lowest BCUT2D eigenvalue weighted by Crippen LogP contribution is -2.43. The molecule has 1 aliphatic carbocycles. The van der Waals surface area contributed by atoms with Crippen molar-refractivity contribution in [3.8, 4) is 0 Å². The van der Waals surface area contributed by atoms with Crippen molar-refractivity contribution in [3.05, 3.63) is 77.4 Å². The fraction of sp³-hybridized carbons (Fsp3) is 0.448. The highest BCUT2D eigenvalue weighted by Crippen LogP contribution is 2.39. The van der Waals surface area contributed by atoms with Gasteiger partial charge in [-0.2, -0.15) is 0 Å². The molecule has 0 unspecified atom stereocenters. The summed E-state index contributed by atoms with van der Waals surface area (Å²) >= 11 is 0. The van der Waals surface area contributed by atoms with Crippen molar-refractivity contribution in [1.29, 1.82) is 11.1 Å². The van der Waals surface area contributed by atoms with Gasteiger partial charge in [-0.25, -0.2) is 11.1 Å². The van der Waals surface area contributed by atoms with Crippen LogP contribution in [0.15, 0.2) is 70.9 Å². The molecule has 2 aromatic rings. The predicted molar refractivity (Wildman–Crippen MR) is 144 cm³/mol. The molecule has 2 amide bonds. The summed E-state index contributed by atoms with van der Waals surface area (Å²) in [6, 6.07) is 17.2. The van der Waals surface area contributed by atoms with Gasteiger partial charge in [0.25, 0.3) is 12.2 Å². The minimum absolute atomic E-state index is 0.102. The summed E-state index contributed by atoms with van der Waals surface area (Å²) in [5, 5.41) is 8.55. The van der Waals surface area contributed by atoms with Gasteiger partial charge in [0.2, 0.25) is 5.91 Å². The number of hydrogen-bond donors (Lipinski definition) is 3. The lowest BCUT2D eigenvalue weighted by atomic mass is 9.71. The Balaban J connectivity index is 1.71. The molecule has 0 heterocycles. The highest BCUT2D eigenvalue weighted by molar-refractivity contribution is 5.94. The van der Waals surface area contributed by atoms with Gasteiger partial charge in [-0.05, 0) is 60.3 Å². The quantitative estimate of drug-likeness (QED) is 0.309. The van der Waals surface area contributed by atoms with Gasteiger partial charge in [0.1, 0.15) is 0 Å². The number of carbonyl (C=O) groups excluding carboxylic acids is 2. The fourth-order valence-corrected chi connectivity index (χ4v) is 4.90. The normalized spacial score (nSPS) is 18.7. The molecule has 0 aliphatic heterocycles. The molecule has 3 rings (SSSR count). The van der Waals surface area contributed by atoms with Crippen LogP contribution in [-0.2, 0) is 11.3 Å². The van der Waals surface area contributed by atoms with E-state index in [4.69, 9.17) is 11.1 Å². The Morgan fingerprint density at radius 1 is 1.00 bits per heavy atom. The van der Waals surface area contributed by atoms with E-state index < -0.39 is 12.2 Å². The van der Waals surface area contributed by atoms with Crippen LogP contribution in [0.1, 0.15) is 74.4 Å². The summed E-state index contributed by atoms with van der Waals surface area (Å²) in [5.41, 5.74) is 16.6. The molecular formula is C29H38N6O2. The summed E-state index contributed by atoms with van der Waals surface area (Å²) in [5.74, 6) is 0.305. The first-order valence-electron chi connectivity index (χ1n) is 12.8. The standard InChI is InChI=1S/C29H38N6O2/c1-29(2,3)24-16-18-25(19-17-24)35(26(36)11-7-10-21-8-5-4-6-9-21)20-22-12-14-23(15-13-22)27(37)32-28(33-30)34-31/h4-10,12-15,24-25,28,30-31H,11,16-20H2,1-3H3,(H,32,37). The zero-order chi connectivity index (χ0) is 26.8. The van der Waals surface area contributed by atoms with Crippen LogP contribution in [-0.4, -0.2) is 29.0 Å². The Morgan fingerprint density at radius 2 is 1.62 bits per heavy atom. The van der Waals surface area contributed by atoms with E-state index in [0.29, 0.717) is 24.4 Å². The lowest BCUT2D eigenvalue weighted by Gasteiger charge is -2.41. The van der Waals surface area contributed by atoms with E-state index in [0.717, 1.165) is 36.8 Å². The van der Waals surface area contributed by atoms with Crippen LogP contribution >= 0.6 is 0 Å². The van der Waals surface area contributed by atoms with E-state index in [9.17, 15) is 9.59 Å². The van der Waals surface area contributed by atoms with E-state index in [1.54, 1.807) is 12.1 Å². The van der Waals surface area contributed by atoms with Crippen molar-refractivity contribution in [2.45, 2.75) is 71.8 Å². The Bertz CT molecular complexity index is 1080. The molecule has 0 saturated heterocycles. The third-order valence-corrected chi connectivity index (χ3v) is 7.16. The van der Waals surface area contributed by atoms with Crippen molar-refractivity contribution in [2.75, 3.05) is 0 Å². The molecule has 8 nitrogen and oxygen atoms in total. The summed E-state index contributed by atoms with van der Waals surface area (Å²) in [7, 11) is 0. The Hall–Kier alpha value is -3.68. The second-order valence-corrected chi connectivity index (χ2v) is 10.7. The number of nitrogens with one attached hydrogen (secondary N) is 3. The van der Waals surface area contributed by atoms with Gasteiger partial charge in [0, 0.05) is 24.6 Å². The number of amides is 2. The maximum absolute atomic E-state index is 13.4. The average Bonchev–Trinajstić information content (AvgIpc) is 2.90. The maximum Gasteiger partial charge on any atom is 0.254 e. The van der Waals surface area contributed by atoms with Gasteiger partial charge in [0.15, 0.2) is 0 Å². The van der Waals surface area contributed by atoms with Gasteiger partial charge in [-0.3, -0.25) is 9.59 Å². The van der Waals surface area contributed by atoms with Gasteiger partial charge in [-0.15, -0.1) is 10.2 Å². The second kappa shape index (κ2) is 13.0. The molecule has 0 bridgehead atoms. The minimum atomic E-state index is -1.22. The predicted octanol–water partition coefficient (Wildman–Crippen LogP) is 6.80. The molecule has 1 fully saturated rings. The van der Waals surface area contributed by atoms with Gasteiger partial charge < -0.3 is 10.2 Å². The highest BCUT2D eigenvalue weighted by atomic mass is 16.2. The molecule has 1 aliphatic rings. The molecular weight excluding hydrogens is 464 g/mol. The molecule has 1 saturated carbocycles. The molecule has 0 aromatic heterocycles. The average molecular weight is 503 g/mol. The third kappa shape index (κ3) is 8.17. The van der Waals surface area contributed by atoms with Crippen LogP contribution < -0.4 is 5.32 Å². The molecule has 2 aromatic carbocycles. The molecule has 0 spiro atoms. The molecule has 8 heteroatoms. The first-order valence-corrected chi connectivity index (χ1v) is 12.8. The Morgan fingerprint density at radius 3 is 2.19 bits per heavy atom. The van der Waals surface area contributed by atoms with E-state index in [2.05, 4.69) is 36.3 Å². The lowest BCUT2D eigenvalue weighted by molar-refractivity contribution is -0.134. The summed E-state index contributed by atoms with van der Waals surface area (Å²) in [6.45, 7) is 7.37. The van der Waals surface area contributed by atoms with Crippen LogP contribution in [0.5, 0.6) is 0 Å². The summed E-state index contributed by atoms with van der Waals surface area (Å²) < 4.78 is 0. The van der Waals surface area contributed by atoms with E-state index in [1.807, 2.05) is 59.5 Å². The zero-order valence-corrected chi connectivity index (χ0v) is 22.0. The molecule has 0 radical (unpaired) electrons. The van der Waals surface area contributed by atoms with E-state index >= 15 is 0 Å². The van der Waals surface area contributed by atoms with Crippen LogP contribution in [0.2, 0.25) is 0 Å². The van der Waals surface area contributed by atoms with Gasteiger partial charge in [0.05, 0.1) is 0 Å². The number of rotatable bonds is 10. The van der Waals surface area contributed by atoms with E-state index in [1.165, 1.54) is 0 Å². The first kappa shape index (κ1) is 27.9. The topological polar surface area (TPSA) is 122 Å². The monoisotopic (exact) mass is 502 g/mol. The van der Waals surface area contributed by atoms with E-state index in [-0.39, 0.29) is 17.4 Å². The Kier molecular flexibility index (Phi) is 9.83. The highest BCUT2D eigenvalue weighted by Gasteiger charge is 2.33.